The third kappa shape index (κ3) is 4.26. The highest BCUT2D eigenvalue weighted by atomic mass is 16.3. The Bertz CT molecular complexity index is 993. The molecule has 2 amide bonds. The van der Waals surface area contributed by atoms with Gasteiger partial charge in [-0.15, -0.1) is 10.2 Å². The van der Waals surface area contributed by atoms with Gasteiger partial charge >= 0.3 is 0 Å². The first-order valence-corrected chi connectivity index (χ1v) is 9.39. The average molecular weight is 391 g/mol. The summed E-state index contributed by atoms with van der Waals surface area (Å²) in [5.41, 5.74) is 1.59. The van der Waals surface area contributed by atoms with Gasteiger partial charge in [-0.05, 0) is 43.3 Å². The molecule has 0 radical (unpaired) electrons. The predicted octanol–water partition coefficient (Wildman–Crippen LogP) is 2.59. The third-order valence-electron chi connectivity index (χ3n) is 4.80. The van der Waals surface area contributed by atoms with Crippen LogP contribution in [0.1, 0.15) is 26.5 Å². The maximum Gasteiger partial charge on any atom is 0.289 e. The van der Waals surface area contributed by atoms with Crippen molar-refractivity contribution in [1.82, 2.24) is 15.1 Å². The molecule has 1 aliphatic heterocycles. The molecule has 8 heteroatoms. The van der Waals surface area contributed by atoms with Gasteiger partial charge in [-0.3, -0.25) is 9.59 Å². The molecule has 1 fully saturated rings. The standard InChI is InChI=1S/C21H21N5O3/c1-15-4-2-5-16(14-15)20(27)22-18-7-8-19(24-23-18)25-9-11-26(12-10-25)21(28)17-6-3-13-29-17/h2-8,13-14H,9-12H2,1H3,(H,22,23,27). The monoisotopic (exact) mass is 391 g/mol. The molecular weight excluding hydrogens is 370 g/mol. The van der Waals surface area contributed by atoms with E-state index in [-0.39, 0.29) is 11.8 Å². The molecule has 3 aromatic rings. The highest BCUT2D eigenvalue weighted by Gasteiger charge is 2.24. The molecule has 0 atom stereocenters. The highest BCUT2D eigenvalue weighted by Crippen LogP contribution is 2.16. The van der Waals surface area contributed by atoms with Crippen LogP contribution in [0, 0.1) is 6.92 Å². The maximum atomic E-state index is 12.3. The molecular formula is C21H21N5O3. The average Bonchev–Trinajstić information content (AvgIpc) is 3.29. The third-order valence-corrected chi connectivity index (χ3v) is 4.80. The van der Waals surface area contributed by atoms with E-state index in [4.69, 9.17) is 4.42 Å². The van der Waals surface area contributed by atoms with Crippen molar-refractivity contribution in [2.45, 2.75) is 6.92 Å². The second-order valence-electron chi connectivity index (χ2n) is 6.86. The number of aryl methyl sites for hydroxylation is 1. The molecule has 3 heterocycles. The number of furan rings is 1. The van der Waals surface area contributed by atoms with E-state index in [1.807, 2.05) is 31.2 Å². The Hall–Kier alpha value is -3.68. The molecule has 0 bridgehead atoms. The van der Waals surface area contributed by atoms with Gasteiger partial charge in [-0.1, -0.05) is 17.7 Å². The zero-order chi connectivity index (χ0) is 20.2. The van der Waals surface area contributed by atoms with Crippen LogP contribution >= 0.6 is 0 Å². The Balaban J connectivity index is 1.34. The zero-order valence-electron chi connectivity index (χ0n) is 16.0. The lowest BCUT2D eigenvalue weighted by atomic mass is 10.1. The van der Waals surface area contributed by atoms with Crippen LogP contribution in [0.3, 0.4) is 0 Å². The van der Waals surface area contributed by atoms with Crippen LogP contribution in [0.25, 0.3) is 0 Å². The minimum atomic E-state index is -0.221. The Kier molecular flexibility index (Phi) is 5.24. The van der Waals surface area contributed by atoms with Crippen molar-refractivity contribution >= 4 is 23.5 Å². The number of amides is 2. The maximum absolute atomic E-state index is 12.3. The molecule has 0 spiro atoms. The van der Waals surface area contributed by atoms with Gasteiger partial charge in [0.15, 0.2) is 17.4 Å². The second-order valence-corrected chi connectivity index (χ2v) is 6.86. The number of hydrogen-bond acceptors (Lipinski definition) is 6. The molecule has 1 saturated heterocycles. The Labute approximate surface area is 168 Å². The molecule has 29 heavy (non-hydrogen) atoms. The van der Waals surface area contributed by atoms with Gasteiger partial charge in [-0.2, -0.15) is 0 Å². The minimum Gasteiger partial charge on any atom is -0.459 e. The summed E-state index contributed by atoms with van der Waals surface area (Å²) in [4.78, 5) is 28.5. The lowest BCUT2D eigenvalue weighted by Gasteiger charge is -2.34. The van der Waals surface area contributed by atoms with Crippen LogP contribution in [-0.4, -0.2) is 53.1 Å². The summed E-state index contributed by atoms with van der Waals surface area (Å²) >= 11 is 0. The quantitative estimate of drug-likeness (QED) is 0.735. The second kappa shape index (κ2) is 8.14. The van der Waals surface area contributed by atoms with E-state index in [2.05, 4.69) is 20.4 Å². The van der Waals surface area contributed by atoms with Gasteiger partial charge in [0.2, 0.25) is 0 Å². The topological polar surface area (TPSA) is 91.6 Å². The zero-order valence-corrected chi connectivity index (χ0v) is 16.0. The number of nitrogens with one attached hydrogen (secondary N) is 1. The van der Waals surface area contributed by atoms with Crippen molar-refractivity contribution in [2.24, 2.45) is 0 Å². The number of nitrogens with zero attached hydrogens (tertiary/aromatic N) is 4. The Morgan fingerprint density at radius 2 is 1.83 bits per heavy atom. The number of carbonyl (C=O) groups excluding carboxylic acids is 2. The van der Waals surface area contributed by atoms with E-state index in [1.54, 1.807) is 29.2 Å². The van der Waals surface area contributed by atoms with E-state index in [0.29, 0.717) is 49.1 Å². The summed E-state index contributed by atoms with van der Waals surface area (Å²) in [7, 11) is 0. The van der Waals surface area contributed by atoms with E-state index >= 15 is 0 Å². The van der Waals surface area contributed by atoms with Crippen LogP contribution in [0.5, 0.6) is 0 Å². The van der Waals surface area contributed by atoms with Crippen molar-refractivity contribution in [3.8, 4) is 0 Å². The number of aromatic nitrogens is 2. The molecule has 0 aliphatic carbocycles. The summed E-state index contributed by atoms with van der Waals surface area (Å²) in [5.74, 6) is 1.14. The molecule has 1 N–H and O–H groups in total. The lowest BCUT2D eigenvalue weighted by Crippen LogP contribution is -2.49. The van der Waals surface area contributed by atoms with Crippen molar-refractivity contribution in [2.75, 3.05) is 36.4 Å². The largest absolute Gasteiger partial charge is 0.459 e. The van der Waals surface area contributed by atoms with Crippen LogP contribution in [0.4, 0.5) is 11.6 Å². The lowest BCUT2D eigenvalue weighted by molar-refractivity contribution is 0.0714. The fourth-order valence-electron chi connectivity index (χ4n) is 3.23. The van der Waals surface area contributed by atoms with E-state index < -0.39 is 0 Å². The SMILES string of the molecule is Cc1cccc(C(=O)Nc2ccc(N3CCN(C(=O)c4ccco4)CC3)nn2)c1. The van der Waals surface area contributed by atoms with Crippen LogP contribution in [-0.2, 0) is 0 Å². The molecule has 4 rings (SSSR count). The summed E-state index contributed by atoms with van der Waals surface area (Å²) < 4.78 is 5.18. The minimum absolute atomic E-state index is 0.102. The Morgan fingerprint density at radius 1 is 1.00 bits per heavy atom. The fourth-order valence-corrected chi connectivity index (χ4v) is 3.23. The predicted molar refractivity (Wildman–Crippen MR) is 108 cm³/mol. The van der Waals surface area contributed by atoms with E-state index in [1.165, 1.54) is 6.26 Å². The fraction of sp³-hybridized carbons (Fsp3) is 0.238. The van der Waals surface area contributed by atoms with Gasteiger partial charge in [0, 0.05) is 31.7 Å². The molecule has 148 valence electrons. The normalized spacial score (nSPS) is 14.0. The number of benzene rings is 1. The van der Waals surface area contributed by atoms with E-state index in [0.717, 1.165) is 5.56 Å². The van der Waals surface area contributed by atoms with Crippen LogP contribution in [0.15, 0.2) is 59.2 Å². The molecule has 0 saturated carbocycles. The van der Waals surface area contributed by atoms with Crippen LogP contribution in [0.2, 0.25) is 0 Å². The van der Waals surface area contributed by atoms with Crippen molar-refractivity contribution in [1.29, 1.82) is 0 Å². The summed E-state index contributed by atoms with van der Waals surface area (Å²) in [6, 6.07) is 14.3. The van der Waals surface area contributed by atoms with Crippen LogP contribution < -0.4 is 10.2 Å². The first-order chi connectivity index (χ1) is 14.1. The first kappa shape index (κ1) is 18.7. The van der Waals surface area contributed by atoms with Gasteiger partial charge < -0.3 is 19.5 Å². The van der Waals surface area contributed by atoms with Gasteiger partial charge in [0.1, 0.15) is 0 Å². The highest BCUT2D eigenvalue weighted by molar-refractivity contribution is 6.03. The number of piperazine rings is 1. The Morgan fingerprint density at radius 3 is 2.48 bits per heavy atom. The number of carbonyl (C=O) groups is 2. The molecule has 1 aromatic carbocycles. The van der Waals surface area contributed by atoms with E-state index in [9.17, 15) is 9.59 Å². The molecule has 1 aliphatic rings. The van der Waals surface area contributed by atoms with Gasteiger partial charge in [-0.25, -0.2) is 0 Å². The molecule has 0 unspecified atom stereocenters. The van der Waals surface area contributed by atoms with Gasteiger partial charge in [0.05, 0.1) is 6.26 Å². The molecule has 8 nitrogen and oxygen atoms in total. The molecule has 2 aromatic heterocycles. The van der Waals surface area contributed by atoms with Crippen molar-refractivity contribution < 1.29 is 14.0 Å². The summed E-state index contributed by atoms with van der Waals surface area (Å²) in [5, 5.41) is 11.1. The number of hydrogen-bond donors (Lipinski definition) is 1. The van der Waals surface area contributed by atoms with Crippen molar-refractivity contribution in [3.05, 3.63) is 71.7 Å². The summed E-state index contributed by atoms with van der Waals surface area (Å²) in [6.07, 6.45) is 1.50. The van der Waals surface area contributed by atoms with Gasteiger partial charge in [0.25, 0.3) is 11.8 Å². The summed E-state index contributed by atoms with van der Waals surface area (Å²) in [6.45, 7) is 4.39. The first-order valence-electron chi connectivity index (χ1n) is 9.39. The number of rotatable bonds is 4. The number of anilines is 2. The van der Waals surface area contributed by atoms with Crippen molar-refractivity contribution in [3.63, 3.8) is 0 Å². The smallest absolute Gasteiger partial charge is 0.289 e.